The van der Waals surface area contributed by atoms with Crippen LogP contribution in [-0.4, -0.2) is 77.3 Å². The Balaban J connectivity index is 1.50. The van der Waals surface area contributed by atoms with Gasteiger partial charge in [0.25, 0.3) is 0 Å². The van der Waals surface area contributed by atoms with Gasteiger partial charge in [-0.1, -0.05) is 11.6 Å². The van der Waals surface area contributed by atoms with Crippen molar-refractivity contribution in [3.63, 3.8) is 0 Å². The summed E-state index contributed by atoms with van der Waals surface area (Å²) in [7, 11) is 4.36. The van der Waals surface area contributed by atoms with Gasteiger partial charge in [0.05, 0.1) is 50.3 Å². The van der Waals surface area contributed by atoms with Gasteiger partial charge in [-0.15, -0.1) is 0 Å². The van der Waals surface area contributed by atoms with Crippen molar-refractivity contribution in [2.45, 2.75) is 83.4 Å². The molecule has 0 aliphatic heterocycles. The molecule has 2 fully saturated rings. The van der Waals surface area contributed by atoms with E-state index in [4.69, 9.17) is 14.2 Å². The molecule has 0 radical (unpaired) electrons. The molecule has 56 heavy (non-hydrogen) atoms. The molecule has 2 unspecified atom stereocenters. The van der Waals surface area contributed by atoms with E-state index >= 15 is 0 Å². The number of phenolic OH excluding ortho intramolecular Hbond substituents is 1. The summed E-state index contributed by atoms with van der Waals surface area (Å²) in [5.74, 6) is -4.02. The number of Topliss-reactive ketones (excluding diaryl/α,β-unsaturated/α-hetero) is 2. The molecule has 3 aromatic rings. The molecule has 0 bridgehead atoms. The third-order valence-electron chi connectivity index (χ3n) is 12.7. The quantitative estimate of drug-likeness (QED) is 0.123. The number of carboxylic acids is 2. The van der Waals surface area contributed by atoms with E-state index in [1.807, 2.05) is 19.1 Å². The van der Waals surface area contributed by atoms with Crippen LogP contribution in [0.25, 0.3) is 32.7 Å². The van der Waals surface area contributed by atoms with Crippen LogP contribution in [0.5, 0.6) is 17.2 Å². The number of carbonyl (C=O) groups excluding carboxylic acids is 2. The van der Waals surface area contributed by atoms with E-state index in [0.29, 0.717) is 123 Å². The molecule has 13 nitrogen and oxygen atoms in total. The van der Waals surface area contributed by atoms with Crippen LogP contribution in [0.2, 0.25) is 0 Å². The topological polar surface area (TPSA) is 201 Å². The highest BCUT2D eigenvalue weighted by Gasteiger charge is 2.46. The van der Waals surface area contributed by atoms with Crippen LogP contribution in [0.4, 0.5) is 5.69 Å². The van der Waals surface area contributed by atoms with Gasteiger partial charge in [0.1, 0.15) is 29.1 Å². The highest BCUT2D eigenvalue weighted by Crippen LogP contribution is 2.60. The van der Waals surface area contributed by atoms with Gasteiger partial charge in [0.2, 0.25) is 5.78 Å². The van der Waals surface area contributed by atoms with E-state index in [0.717, 1.165) is 0 Å². The zero-order valence-electron chi connectivity index (χ0n) is 32.0. The van der Waals surface area contributed by atoms with Crippen LogP contribution in [0.1, 0.15) is 98.4 Å². The number of rotatable bonds is 10. The third-order valence-corrected chi connectivity index (χ3v) is 12.7. The number of nitrogens with one attached hydrogen (secondary N) is 2. The highest BCUT2D eigenvalue weighted by atomic mass is 16.5. The monoisotopic (exact) mass is 766 g/mol. The van der Waals surface area contributed by atoms with Crippen LogP contribution in [-0.2, 0) is 19.1 Å². The van der Waals surface area contributed by atoms with Gasteiger partial charge in [-0.2, -0.15) is 0 Å². The third kappa shape index (κ3) is 5.53. The number of hydrogen-bond donors (Lipinski definition) is 6. The Bertz CT molecular complexity index is 2360. The van der Waals surface area contributed by atoms with Gasteiger partial charge in [0.15, 0.2) is 5.76 Å². The lowest BCUT2D eigenvalue weighted by Gasteiger charge is -2.37. The van der Waals surface area contributed by atoms with Crippen molar-refractivity contribution in [1.29, 1.82) is 0 Å². The summed E-state index contributed by atoms with van der Waals surface area (Å²) in [6.07, 6.45) is 4.82. The number of benzene rings is 3. The number of aromatic hydroxyl groups is 1. The number of methoxy groups -OCH3 is 3. The second kappa shape index (κ2) is 13.9. The van der Waals surface area contributed by atoms with Crippen molar-refractivity contribution in [2.75, 3.05) is 26.6 Å². The van der Waals surface area contributed by atoms with Crippen molar-refractivity contribution in [1.82, 2.24) is 5.32 Å². The van der Waals surface area contributed by atoms with Gasteiger partial charge in [-0.05, 0) is 70.8 Å². The molecule has 8 rings (SSSR count). The molecule has 0 saturated heterocycles. The number of allylic oxidation sites excluding steroid dienone is 5. The Morgan fingerprint density at radius 3 is 1.82 bits per heavy atom. The van der Waals surface area contributed by atoms with E-state index in [1.54, 1.807) is 0 Å². The molecule has 0 aromatic heterocycles. The number of aliphatic hydroxyl groups is 1. The number of ether oxygens (including phenoxy) is 3. The summed E-state index contributed by atoms with van der Waals surface area (Å²) in [6.45, 7) is 3.27. The average Bonchev–Trinajstić information content (AvgIpc) is 3.30. The lowest BCUT2D eigenvalue weighted by molar-refractivity contribution is -0.143. The largest absolute Gasteiger partial charge is 0.507 e. The first-order chi connectivity index (χ1) is 26.8. The molecular formula is C43H46N2O11. The first-order valence-corrected chi connectivity index (χ1v) is 19.2. The highest BCUT2D eigenvalue weighted by molar-refractivity contribution is 6.35. The molecule has 0 heterocycles. The number of anilines is 1. The molecule has 5 aliphatic carbocycles. The molecule has 294 valence electrons. The summed E-state index contributed by atoms with van der Waals surface area (Å²) in [5, 5.41) is 53.1. The van der Waals surface area contributed by atoms with Crippen molar-refractivity contribution in [3.05, 3.63) is 57.5 Å². The zero-order valence-corrected chi connectivity index (χ0v) is 32.0. The van der Waals surface area contributed by atoms with Gasteiger partial charge in [-0.25, -0.2) is 0 Å². The molecule has 0 spiro atoms. The van der Waals surface area contributed by atoms with Crippen molar-refractivity contribution in [3.8, 4) is 17.2 Å². The standard InChI is InChI=1S/C43H46N2O11/c1-17-14-23-29-34-30(39(48)38(23)45-22-12-8-20(9-13-22)43(52)53)24(44-21-10-6-19(7-11-21)42(50)51)15-26(54-3)32(34)33-27(55-4)16-25(47)31-36(33)35(29)37(28(17)18(2)46)41(56-5)40(31)49/h14-16,19-22,28,39,44-45,47-48H,6-13H2,1-5H3,(H,50,51)(H,52,53). The number of aliphatic hydroxyl groups excluding tert-OH is 1. The summed E-state index contributed by atoms with van der Waals surface area (Å²) in [5.41, 5.74) is 4.20. The first kappa shape index (κ1) is 37.4. The minimum atomic E-state index is -1.26. The lowest BCUT2D eigenvalue weighted by Crippen LogP contribution is -2.37. The van der Waals surface area contributed by atoms with E-state index in [9.17, 15) is 39.6 Å². The Morgan fingerprint density at radius 1 is 0.732 bits per heavy atom. The van der Waals surface area contributed by atoms with Gasteiger partial charge in [0, 0.05) is 73.7 Å². The Hall–Kier alpha value is -5.56. The van der Waals surface area contributed by atoms with Crippen LogP contribution < -0.4 is 20.1 Å². The van der Waals surface area contributed by atoms with Crippen molar-refractivity contribution < 1.29 is 53.8 Å². The summed E-state index contributed by atoms with van der Waals surface area (Å²) in [4.78, 5) is 52.0. The SMILES string of the molecule is COC1=C2c3c4c5c(c(NC6CCC(C(=O)O)CC6)cc(OC)c5c5c(OC)cc(O)c(c35)C1=O)C(O)C(NC1CCC(C(=O)O)CC1)=C4C=C(C)C2C(C)=O. The molecule has 13 heteroatoms. The summed E-state index contributed by atoms with van der Waals surface area (Å²) in [6, 6.07) is 2.90. The van der Waals surface area contributed by atoms with E-state index in [1.165, 1.54) is 34.3 Å². The van der Waals surface area contributed by atoms with E-state index < -0.39 is 41.6 Å². The van der Waals surface area contributed by atoms with Gasteiger partial charge < -0.3 is 45.3 Å². The maximum atomic E-state index is 14.5. The van der Waals surface area contributed by atoms with E-state index in [2.05, 4.69) is 10.6 Å². The fourth-order valence-electron chi connectivity index (χ4n) is 10.1. The maximum absolute atomic E-state index is 14.5. The second-order valence-electron chi connectivity index (χ2n) is 15.8. The van der Waals surface area contributed by atoms with Gasteiger partial charge in [-0.3, -0.25) is 19.2 Å². The minimum absolute atomic E-state index is 0.00984. The number of phenols is 1. The van der Waals surface area contributed by atoms with Crippen LogP contribution >= 0.6 is 0 Å². The Morgan fingerprint density at radius 2 is 1.29 bits per heavy atom. The fraction of sp³-hybridized carbons (Fsp3) is 0.442. The molecule has 0 amide bonds. The van der Waals surface area contributed by atoms with E-state index in [-0.39, 0.29) is 40.7 Å². The normalized spacial score (nSPS) is 25.5. The summed E-state index contributed by atoms with van der Waals surface area (Å²) < 4.78 is 17.9. The fourth-order valence-corrected chi connectivity index (χ4v) is 10.1. The van der Waals surface area contributed by atoms with Gasteiger partial charge >= 0.3 is 11.9 Å². The first-order valence-electron chi connectivity index (χ1n) is 19.2. The van der Waals surface area contributed by atoms with Crippen molar-refractivity contribution >= 4 is 61.9 Å². The maximum Gasteiger partial charge on any atom is 0.306 e. The number of aliphatic carboxylic acids is 2. The van der Waals surface area contributed by atoms with Crippen molar-refractivity contribution in [2.24, 2.45) is 17.8 Å². The molecule has 3 aromatic carbocycles. The molecule has 2 atom stereocenters. The number of ketones is 2. The number of fused-ring (bicyclic) bond motifs is 1. The minimum Gasteiger partial charge on any atom is -0.507 e. The predicted octanol–water partition coefficient (Wildman–Crippen LogP) is 6.48. The average molecular weight is 767 g/mol. The molecule has 5 aliphatic rings. The second-order valence-corrected chi connectivity index (χ2v) is 15.8. The lowest BCUT2D eigenvalue weighted by atomic mass is 9.72. The summed E-state index contributed by atoms with van der Waals surface area (Å²) >= 11 is 0. The van der Waals surface area contributed by atoms with Crippen LogP contribution in [0.15, 0.2) is 35.2 Å². The van der Waals surface area contributed by atoms with Crippen LogP contribution in [0, 0.1) is 17.8 Å². The molecule has 6 N–H and O–H groups in total. The van der Waals surface area contributed by atoms with Crippen LogP contribution in [0.3, 0.4) is 0 Å². The number of carbonyl (C=O) groups is 4. The molecule has 2 saturated carbocycles. The number of carboxylic acid groups (broad SMARTS) is 2. The zero-order chi connectivity index (χ0) is 39.9. The number of hydrogen-bond acceptors (Lipinski definition) is 11. The smallest absolute Gasteiger partial charge is 0.306 e. The Labute approximate surface area is 323 Å². The predicted molar refractivity (Wildman–Crippen MR) is 208 cm³/mol. The Kier molecular flexibility index (Phi) is 9.26. The molecular weight excluding hydrogens is 720 g/mol.